The predicted molar refractivity (Wildman–Crippen MR) is 275 cm³/mol. The second-order valence-electron chi connectivity index (χ2n) is 19.0. The Kier molecular flexibility index (Phi) is 12.2. The number of fused-ring (bicyclic) bond motifs is 8. The zero-order valence-corrected chi connectivity index (χ0v) is 42.2. The van der Waals surface area contributed by atoms with E-state index in [4.69, 9.17) is 0 Å². The molecule has 0 spiro atoms. The zero-order chi connectivity index (χ0) is 45.0. The lowest BCUT2D eigenvalue weighted by Gasteiger charge is -2.20. The first kappa shape index (κ1) is 44.6. The van der Waals surface area contributed by atoms with Gasteiger partial charge in [0.15, 0.2) is 0 Å². The highest BCUT2D eigenvalue weighted by atomic mass is 28.3. The van der Waals surface area contributed by atoms with Crippen molar-refractivity contribution in [3.8, 4) is 22.3 Å². The van der Waals surface area contributed by atoms with E-state index in [1.54, 1.807) is 33.1 Å². The van der Waals surface area contributed by atoms with Crippen LogP contribution in [0.15, 0.2) is 104 Å². The van der Waals surface area contributed by atoms with Crippen molar-refractivity contribution in [1.82, 2.24) is 15.0 Å². The van der Waals surface area contributed by atoms with Gasteiger partial charge >= 0.3 is 0 Å². The second kappa shape index (κ2) is 17.0. The summed E-state index contributed by atoms with van der Waals surface area (Å²) in [4.78, 5) is 12.9. The van der Waals surface area contributed by atoms with E-state index in [0.29, 0.717) is 0 Å². The van der Waals surface area contributed by atoms with E-state index in [1.165, 1.54) is 94.4 Å². The van der Waals surface area contributed by atoms with Crippen molar-refractivity contribution in [2.45, 2.75) is 109 Å². The number of nitrogens with zero attached hydrogens (tertiary/aromatic N) is 3. The highest BCUT2D eigenvalue weighted by molar-refractivity contribution is 7.04. The minimum absolute atomic E-state index is 0.989. The number of rotatable bonds is 0. The van der Waals surface area contributed by atoms with Crippen molar-refractivity contribution in [2.24, 2.45) is 0 Å². The summed E-state index contributed by atoms with van der Waals surface area (Å²) < 4.78 is 0. The topological polar surface area (TPSA) is 38.7 Å². The van der Waals surface area contributed by atoms with Gasteiger partial charge in [-0.15, -0.1) is 0 Å². The van der Waals surface area contributed by atoms with Crippen LogP contribution in [0.1, 0.15) is 66.8 Å². The molecule has 0 aliphatic carbocycles. The number of benzene rings is 6. The lowest BCUT2D eigenvalue weighted by Crippen LogP contribution is -2.49. The summed E-state index contributed by atoms with van der Waals surface area (Å²) in [5.74, 6) is 0. The maximum atomic E-state index is 4.34. The number of hydrogen-bond donors (Lipinski definition) is 0. The van der Waals surface area contributed by atoms with Crippen molar-refractivity contribution in [2.75, 3.05) is 0 Å². The molecule has 0 bridgehead atoms. The van der Waals surface area contributed by atoms with E-state index < -0.39 is 16.1 Å². The predicted octanol–water partition coefficient (Wildman–Crippen LogP) is 12.5. The normalized spacial score (nSPS) is 13.4. The summed E-state index contributed by atoms with van der Waals surface area (Å²) in [6, 6.07) is 31.3. The van der Waals surface area contributed by atoms with E-state index in [2.05, 4.69) is 203 Å². The smallest absolute Gasteiger partial charge is 0.113 e. The van der Waals surface area contributed by atoms with E-state index in [-0.39, 0.29) is 0 Å². The van der Waals surface area contributed by atoms with Crippen molar-refractivity contribution in [3.05, 3.63) is 170 Å². The second-order valence-corrected chi connectivity index (χ2v) is 27.6. The molecule has 6 aromatic carbocycles. The molecule has 2 aliphatic heterocycles. The molecule has 0 saturated heterocycles. The van der Waals surface area contributed by atoms with Gasteiger partial charge in [-0.2, -0.15) is 0 Å². The molecule has 0 unspecified atom stereocenters. The van der Waals surface area contributed by atoms with Crippen LogP contribution in [0.2, 0.25) is 26.2 Å². The Balaban J connectivity index is 0.000000126. The molecule has 2 aliphatic rings. The highest BCUT2D eigenvalue weighted by Gasteiger charge is 2.39. The monoisotopic (exact) mass is 847 g/mol. The Labute approximate surface area is 373 Å². The molecular weight excluding hydrogens is 783 g/mol. The summed E-state index contributed by atoms with van der Waals surface area (Å²) in [6.45, 7) is 36.3. The van der Waals surface area contributed by atoms with E-state index in [0.717, 1.165) is 16.6 Å². The van der Waals surface area contributed by atoms with Crippen LogP contribution in [-0.4, -0.2) is 31.1 Å². The summed E-state index contributed by atoms with van der Waals surface area (Å²) in [7, 11) is -2.93. The fourth-order valence-corrected chi connectivity index (χ4v) is 16.2. The molecule has 0 saturated carbocycles. The Morgan fingerprint density at radius 1 is 0.339 bits per heavy atom. The van der Waals surface area contributed by atoms with Gasteiger partial charge in [0, 0.05) is 24.0 Å². The number of pyridine rings is 1. The van der Waals surface area contributed by atoms with Crippen LogP contribution in [0.3, 0.4) is 0 Å². The first-order chi connectivity index (χ1) is 29.3. The van der Waals surface area contributed by atoms with Crippen molar-refractivity contribution < 1.29 is 0 Å². The third-order valence-electron chi connectivity index (χ3n) is 14.7. The largest absolute Gasteiger partial charge is 0.256 e. The lowest BCUT2D eigenvalue weighted by atomic mass is 9.94. The molecule has 4 heterocycles. The Bertz CT molecular complexity index is 2840. The van der Waals surface area contributed by atoms with E-state index in [1.807, 2.05) is 12.3 Å². The van der Waals surface area contributed by atoms with E-state index in [9.17, 15) is 0 Å². The molecule has 5 heteroatoms. The minimum Gasteiger partial charge on any atom is -0.256 e. The zero-order valence-electron chi connectivity index (χ0n) is 40.2. The fraction of sp³-hybridized carbons (Fsp3) is 0.281. The van der Waals surface area contributed by atoms with Crippen LogP contribution < -0.4 is 20.7 Å². The average Bonchev–Trinajstić information content (AvgIpc) is 3.63. The molecular formula is C57H65N3Si2. The molecule has 0 atom stereocenters. The number of aryl methyl sites for hydroxylation is 6. The SMILES string of the molecule is Cc1cc2c(c(C)c1C)-c1ccccc1[Si]2(C)C.Cc1cc2c(c(C)c1C)-c1ccccc1[Si]2(C)C.Cc1cc2ncccc2c(C)c1C.Cc1cc2nccnc2c(C)c1C. The Morgan fingerprint density at radius 2 is 0.742 bits per heavy atom. The Hall–Kier alpha value is -5.50. The summed E-state index contributed by atoms with van der Waals surface area (Å²) >= 11 is 0. The first-order valence-corrected chi connectivity index (χ1v) is 28.2. The number of hydrogen-bond acceptors (Lipinski definition) is 3. The summed E-state index contributed by atoms with van der Waals surface area (Å²) in [6.07, 6.45) is 5.32. The van der Waals surface area contributed by atoms with Gasteiger partial charge in [0.05, 0.1) is 16.6 Å². The first-order valence-electron chi connectivity index (χ1n) is 22.2. The molecule has 0 radical (unpaired) electrons. The van der Waals surface area contributed by atoms with Gasteiger partial charge in [-0.25, -0.2) is 0 Å². The van der Waals surface area contributed by atoms with Crippen molar-refractivity contribution >= 4 is 58.8 Å². The molecule has 0 amide bonds. The third-order valence-corrected chi connectivity index (χ3v) is 21.8. The lowest BCUT2D eigenvalue weighted by molar-refractivity contribution is 1.22. The maximum Gasteiger partial charge on any atom is 0.113 e. The van der Waals surface area contributed by atoms with Gasteiger partial charge in [-0.05, 0) is 211 Å². The minimum atomic E-state index is -1.47. The van der Waals surface area contributed by atoms with Crippen LogP contribution >= 0.6 is 0 Å². The van der Waals surface area contributed by atoms with Gasteiger partial charge in [-0.3, -0.25) is 15.0 Å². The van der Waals surface area contributed by atoms with Gasteiger partial charge in [0.2, 0.25) is 0 Å². The molecule has 62 heavy (non-hydrogen) atoms. The quantitative estimate of drug-likeness (QED) is 0.143. The van der Waals surface area contributed by atoms with Gasteiger partial charge in [0.25, 0.3) is 0 Å². The fourth-order valence-electron chi connectivity index (χ4n) is 9.82. The van der Waals surface area contributed by atoms with E-state index >= 15 is 0 Å². The molecule has 3 nitrogen and oxygen atoms in total. The van der Waals surface area contributed by atoms with Crippen LogP contribution in [0.4, 0.5) is 0 Å². The van der Waals surface area contributed by atoms with Gasteiger partial charge in [0.1, 0.15) is 16.1 Å². The average molecular weight is 848 g/mol. The third kappa shape index (κ3) is 7.68. The van der Waals surface area contributed by atoms with Crippen LogP contribution in [-0.2, 0) is 0 Å². The highest BCUT2D eigenvalue weighted by Crippen LogP contribution is 2.35. The maximum absolute atomic E-state index is 4.34. The van der Waals surface area contributed by atoms with Gasteiger partial charge in [-0.1, -0.05) is 92.9 Å². The standard InChI is InChI=1S/2C17H20Si.C12H13N.C11H12N2/c2*1-11-10-16-17(13(3)12(11)2)14-8-6-7-9-15(14)18(16,4)5;1-8-7-12-11(5-4-6-13-12)10(3)9(8)2;1-7-6-10-11(9(3)8(7)2)13-5-4-12-10/h2*6-10H,1-5H3;4-7H,1-3H3;4-6H,1-3H3. The molecule has 0 fully saturated rings. The summed E-state index contributed by atoms with van der Waals surface area (Å²) in [5, 5.41) is 7.74. The number of aromatic nitrogens is 3. The van der Waals surface area contributed by atoms with Crippen molar-refractivity contribution in [1.29, 1.82) is 0 Å². The van der Waals surface area contributed by atoms with Crippen LogP contribution in [0.25, 0.3) is 44.2 Å². The molecule has 316 valence electrons. The van der Waals surface area contributed by atoms with Crippen LogP contribution in [0, 0.1) is 83.1 Å². The molecule has 10 rings (SSSR count). The molecule has 8 aromatic rings. The summed E-state index contributed by atoms with van der Waals surface area (Å²) in [5.41, 5.74) is 25.8. The molecule has 0 N–H and O–H groups in total. The van der Waals surface area contributed by atoms with Crippen molar-refractivity contribution in [3.63, 3.8) is 0 Å². The Morgan fingerprint density at radius 3 is 1.26 bits per heavy atom. The van der Waals surface area contributed by atoms with Crippen LogP contribution in [0.5, 0.6) is 0 Å². The van der Waals surface area contributed by atoms with Gasteiger partial charge < -0.3 is 0 Å². The molecule has 2 aromatic heterocycles.